The molecule has 4 N–H and O–H groups in total. The van der Waals surface area contributed by atoms with Gasteiger partial charge in [0.05, 0.1) is 18.1 Å². The van der Waals surface area contributed by atoms with Crippen LogP contribution >= 0.6 is 0 Å². The van der Waals surface area contributed by atoms with Crippen LogP contribution in [0.3, 0.4) is 0 Å². The Labute approximate surface area is 209 Å². The molecule has 0 radical (unpaired) electrons. The van der Waals surface area contributed by atoms with Gasteiger partial charge in [0, 0.05) is 37.3 Å². The second-order valence-corrected chi connectivity index (χ2v) is 7.91. The summed E-state index contributed by atoms with van der Waals surface area (Å²) in [6, 6.07) is 20.7. The molecular weight excluding hydrogens is 460 g/mol. The van der Waals surface area contributed by atoms with Gasteiger partial charge >= 0.3 is 5.97 Å². The van der Waals surface area contributed by atoms with Crippen LogP contribution in [-0.2, 0) is 35.7 Å². The summed E-state index contributed by atoms with van der Waals surface area (Å²) in [4.78, 5) is 11.3. The zero-order valence-corrected chi connectivity index (χ0v) is 20.2. The van der Waals surface area contributed by atoms with Crippen LogP contribution < -0.4 is 10.5 Å². The first-order chi connectivity index (χ1) is 17.5. The molecule has 0 unspecified atom stereocenters. The minimum absolute atomic E-state index is 0.186. The highest BCUT2D eigenvalue weighted by Gasteiger charge is 2.15. The van der Waals surface area contributed by atoms with Crippen LogP contribution in [0.15, 0.2) is 65.1 Å². The van der Waals surface area contributed by atoms with Gasteiger partial charge < -0.3 is 29.8 Å². The lowest BCUT2D eigenvalue weighted by atomic mass is 9.99. The molecule has 1 heterocycles. The molecule has 0 saturated carbocycles. The van der Waals surface area contributed by atoms with Crippen molar-refractivity contribution in [3.8, 4) is 22.9 Å². The van der Waals surface area contributed by atoms with Gasteiger partial charge in [-0.25, -0.2) is 0 Å². The van der Waals surface area contributed by atoms with E-state index in [0.717, 1.165) is 40.3 Å². The molecule has 4 rings (SSSR count). The lowest BCUT2D eigenvalue weighted by Crippen LogP contribution is -2.05. The summed E-state index contributed by atoms with van der Waals surface area (Å²) in [6.45, 7) is 0.961. The number of nitrogens with two attached hydrogens (primary N) is 1. The number of aliphatic carboxylic acids is 1. The Morgan fingerprint density at radius 2 is 1.86 bits per heavy atom. The Hall–Kier alpha value is -4.16. The SMILES string of the molecule is CO.COCc1cc2cc(COc3cc(C#N)ccc3CC(=O)O)cc(-c3cccc(CN)c3)c2o1. The van der Waals surface area contributed by atoms with Crippen LogP contribution in [0.4, 0.5) is 0 Å². The smallest absolute Gasteiger partial charge is 0.307 e. The summed E-state index contributed by atoms with van der Waals surface area (Å²) < 4.78 is 17.3. The van der Waals surface area contributed by atoms with Crippen molar-refractivity contribution in [3.05, 3.63) is 88.7 Å². The summed E-state index contributed by atoms with van der Waals surface area (Å²) in [6.07, 6.45) is -0.195. The normalized spacial score (nSPS) is 10.4. The number of nitrogens with zero attached hydrogens (tertiary/aromatic N) is 1. The molecule has 8 nitrogen and oxygen atoms in total. The van der Waals surface area contributed by atoms with Gasteiger partial charge in [-0.15, -0.1) is 0 Å². The topological polar surface area (TPSA) is 139 Å². The van der Waals surface area contributed by atoms with Crippen molar-refractivity contribution in [3.63, 3.8) is 0 Å². The van der Waals surface area contributed by atoms with Crippen molar-refractivity contribution in [1.82, 2.24) is 0 Å². The largest absolute Gasteiger partial charge is 0.489 e. The second kappa shape index (κ2) is 12.5. The van der Waals surface area contributed by atoms with Crippen LogP contribution in [0.2, 0.25) is 0 Å². The molecule has 1 aromatic heterocycles. The molecule has 0 spiro atoms. The van der Waals surface area contributed by atoms with E-state index in [1.807, 2.05) is 42.5 Å². The first-order valence-electron chi connectivity index (χ1n) is 11.2. The quantitative estimate of drug-likeness (QED) is 0.315. The van der Waals surface area contributed by atoms with Crippen molar-refractivity contribution >= 4 is 16.9 Å². The van der Waals surface area contributed by atoms with Crippen molar-refractivity contribution in [2.75, 3.05) is 14.2 Å². The van der Waals surface area contributed by atoms with Crippen molar-refractivity contribution in [1.29, 1.82) is 5.26 Å². The molecule has 0 atom stereocenters. The third kappa shape index (κ3) is 6.29. The number of ether oxygens (including phenoxy) is 2. The molecule has 0 aliphatic rings. The summed E-state index contributed by atoms with van der Waals surface area (Å²) in [7, 11) is 2.61. The van der Waals surface area contributed by atoms with Crippen molar-refractivity contribution < 1.29 is 28.9 Å². The number of fused-ring (bicyclic) bond motifs is 1. The molecule has 0 amide bonds. The maximum atomic E-state index is 11.3. The number of carboxylic acid groups (broad SMARTS) is 1. The average molecular weight is 489 g/mol. The monoisotopic (exact) mass is 488 g/mol. The Morgan fingerprint density at radius 3 is 2.56 bits per heavy atom. The third-order valence-corrected chi connectivity index (χ3v) is 5.42. The molecule has 0 aliphatic heterocycles. The minimum atomic E-state index is -0.970. The fraction of sp³-hybridized carbons (Fsp3) is 0.214. The standard InChI is InChI=1S/C27H24N2O5.CH4O/c1-32-16-23-11-22-8-19(9-24(27(22)34-23)20-4-2-3-17(7-20)13-28)15-33-25-10-18(14-29)5-6-21(25)12-26(30)31;1-2/h2-11H,12-13,15-16,28H2,1H3,(H,30,31);2H,1H3. The van der Waals surface area contributed by atoms with E-state index < -0.39 is 5.97 Å². The van der Waals surface area contributed by atoms with Gasteiger partial charge in [0.2, 0.25) is 0 Å². The molecule has 0 bridgehead atoms. The van der Waals surface area contributed by atoms with Gasteiger partial charge in [0.15, 0.2) is 0 Å². The van der Waals surface area contributed by atoms with E-state index >= 15 is 0 Å². The van der Waals surface area contributed by atoms with Crippen molar-refractivity contribution in [2.45, 2.75) is 26.2 Å². The number of carbonyl (C=O) groups is 1. The van der Waals surface area contributed by atoms with E-state index in [2.05, 4.69) is 6.07 Å². The van der Waals surface area contributed by atoms with Gasteiger partial charge in [-0.1, -0.05) is 24.3 Å². The number of carboxylic acids is 1. The van der Waals surface area contributed by atoms with Gasteiger partial charge in [-0.05, 0) is 53.1 Å². The number of rotatable bonds is 9. The first-order valence-corrected chi connectivity index (χ1v) is 11.2. The summed E-state index contributed by atoms with van der Waals surface area (Å²) >= 11 is 0. The van der Waals surface area contributed by atoms with E-state index in [0.29, 0.717) is 35.8 Å². The molecule has 4 aromatic rings. The lowest BCUT2D eigenvalue weighted by molar-refractivity contribution is -0.136. The number of furan rings is 1. The summed E-state index contributed by atoms with van der Waals surface area (Å²) in [5.74, 6) is 0.111. The van der Waals surface area contributed by atoms with E-state index in [4.69, 9.17) is 24.7 Å². The zero-order valence-electron chi connectivity index (χ0n) is 20.2. The number of hydrogen-bond acceptors (Lipinski definition) is 7. The van der Waals surface area contributed by atoms with Crippen molar-refractivity contribution in [2.24, 2.45) is 5.73 Å². The average Bonchev–Trinajstić information content (AvgIpc) is 3.31. The van der Waals surface area contributed by atoms with Gasteiger partial charge in [-0.3, -0.25) is 4.79 Å². The minimum Gasteiger partial charge on any atom is -0.489 e. The fourth-order valence-electron chi connectivity index (χ4n) is 3.87. The molecular formula is C28H28N2O6. The number of aliphatic hydroxyl groups excluding tert-OH is 1. The highest BCUT2D eigenvalue weighted by molar-refractivity contribution is 5.93. The maximum absolute atomic E-state index is 11.3. The summed E-state index contributed by atoms with van der Waals surface area (Å²) in [5, 5.41) is 26.4. The van der Waals surface area contributed by atoms with E-state index in [-0.39, 0.29) is 13.0 Å². The van der Waals surface area contributed by atoms with E-state index in [1.54, 1.807) is 25.3 Å². The predicted octanol–water partition coefficient (Wildman–Crippen LogP) is 4.39. The van der Waals surface area contributed by atoms with Crippen LogP contribution in [0.25, 0.3) is 22.1 Å². The first kappa shape index (κ1) is 26.4. The molecule has 8 heteroatoms. The molecule has 186 valence electrons. The molecule has 0 aliphatic carbocycles. The lowest BCUT2D eigenvalue weighted by Gasteiger charge is -2.13. The van der Waals surface area contributed by atoms with Crippen LogP contribution in [0, 0.1) is 11.3 Å². The zero-order chi connectivity index (χ0) is 26.1. The predicted molar refractivity (Wildman–Crippen MR) is 135 cm³/mol. The maximum Gasteiger partial charge on any atom is 0.307 e. The second-order valence-electron chi connectivity index (χ2n) is 7.91. The van der Waals surface area contributed by atoms with Gasteiger partial charge in [0.25, 0.3) is 0 Å². The number of hydrogen-bond donors (Lipinski definition) is 3. The number of methoxy groups -OCH3 is 1. The number of nitriles is 1. The Kier molecular flexibility index (Phi) is 9.19. The molecule has 36 heavy (non-hydrogen) atoms. The molecule has 3 aromatic carbocycles. The van der Waals surface area contributed by atoms with Crippen LogP contribution in [0.1, 0.15) is 28.0 Å². The fourth-order valence-corrected chi connectivity index (χ4v) is 3.87. The number of aliphatic hydroxyl groups is 1. The highest BCUT2D eigenvalue weighted by atomic mass is 16.5. The Morgan fingerprint density at radius 1 is 1.06 bits per heavy atom. The Bertz CT molecular complexity index is 1390. The molecule has 0 fully saturated rings. The van der Waals surface area contributed by atoms with Gasteiger partial charge in [0.1, 0.15) is 30.3 Å². The van der Waals surface area contributed by atoms with Crippen LogP contribution in [-0.4, -0.2) is 30.4 Å². The Balaban J connectivity index is 0.00000176. The molecule has 0 saturated heterocycles. The van der Waals surface area contributed by atoms with Crippen LogP contribution in [0.5, 0.6) is 5.75 Å². The van der Waals surface area contributed by atoms with E-state index in [9.17, 15) is 15.2 Å². The van der Waals surface area contributed by atoms with E-state index in [1.165, 1.54) is 0 Å². The highest BCUT2D eigenvalue weighted by Crippen LogP contribution is 2.34. The van der Waals surface area contributed by atoms with Gasteiger partial charge in [-0.2, -0.15) is 5.26 Å². The summed E-state index contributed by atoms with van der Waals surface area (Å²) in [5.41, 5.74) is 11.2. The third-order valence-electron chi connectivity index (χ3n) is 5.42. The number of benzene rings is 3.